The van der Waals surface area contributed by atoms with Crippen LogP contribution in [0.4, 0.5) is 0 Å². The molecule has 0 N–H and O–H groups in total. The fourth-order valence-electron chi connectivity index (χ4n) is 9.73. The molecule has 0 saturated carbocycles. The molecule has 432 valence electrons. The Morgan fingerprint density at radius 2 is 0.527 bits per heavy atom. The fourth-order valence-corrected chi connectivity index (χ4v) is 9.73. The zero-order chi connectivity index (χ0) is 53.6. The van der Waals surface area contributed by atoms with E-state index in [0.717, 1.165) is 83.5 Å². The largest absolute Gasteiger partial charge is 0.462 e. The van der Waals surface area contributed by atoms with E-state index in [1.165, 1.54) is 225 Å². The molecule has 0 amide bonds. The maximum Gasteiger partial charge on any atom is 0.306 e. The monoisotopic (exact) mass is 1040 g/mol. The molecule has 6 heteroatoms. The maximum atomic E-state index is 12.9. The summed E-state index contributed by atoms with van der Waals surface area (Å²) < 4.78 is 16.9. The van der Waals surface area contributed by atoms with Crippen LogP contribution in [0, 0.1) is 0 Å². The Morgan fingerprint density at radius 1 is 0.284 bits per heavy atom. The first-order valence-electron chi connectivity index (χ1n) is 32.6. The van der Waals surface area contributed by atoms with E-state index in [0.29, 0.717) is 19.3 Å². The van der Waals surface area contributed by atoms with Gasteiger partial charge in [-0.1, -0.05) is 320 Å². The second-order valence-electron chi connectivity index (χ2n) is 22.0. The molecule has 0 spiro atoms. The Bertz CT molecular complexity index is 1280. The summed E-state index contributed by atoms with van der Waals surface area (Å²) in [7, 11) is 0. The Balaban J connectivity index is 4.04. The van der Waals surface area contributed by atoms with Gasteiger partial charge in [-0.3, -0.25) is 14.4 Å². The Morgan fingerprint density at radius 3 is 0.824 bits per heavy atom. The molecule has 0 fully saturated rings. The van der Waals surface area contributed by atoms with Gasteiger partial charge in [0, 0.05) is 19.3 Å². The number of rotatable bonds is 60. The van der Waals surface area contributed by atoms with Gasteiger partial charge in [-0.15, -0.1) is 0 Å². The summed E-state index contributed by atoms with van der Waals surface area (Å²) >= 11 is 0. The predicted octanol–water partition coefficient (Wildman–Crippen LogP) is 22.2. The normalized spacial score (nSPS) is 12.3. The lowest BCUT2D eigenvalue weighted by Crippen LogP contribution is -2.30. The highest BCUT2D eigenvalue weighted by Crippen LogP contribution is 2.18. The van der Waals surface area contributed by atoms with Crippen LogP contribution in [0.25, 0.3) is 0 Å². The lowest BCUT2D eigenvalue weighted by molar-refractivity contribution is -0.167. The third-order valence-electron chi connectivity index (χ3n) is 14.6. The molecule has 6 nitrogen and oxygen atoms in total. The molecule has 0 heterocycles. The molecule has 0 aromatic heterocycles. The van der Waals surface area contributed by atoms with Crippen molar-refractivity contribution in [1.82, 2.24) is 0 Å². The van der Waals surface area contributed by atoms with Gasteiger partial charge < -0.3 is 14.2 Å². The van der Waals surface area contributed by atoms with Gasteiger partial charge in [0.2, 0.25) is 0 Å². The van der Waals surface area contributed by atoms with Crippen molar-refractivity contribution in [2.75, 3.05) is 13.2 Å². The van der Waals surface area contributed by atoms with E-state index in [1.807, 2.05) is 0 Å². The smallest absolute Gasteiger partial charge is 0.306 e. The lowest BCUT2D eigenvalue weighted by Gasteiger charge is -2.18. The number of hydrogen-bond donors (Lipinski definition) is 0. The van der Waals surface area contributed by atoms with Gasteiger partial charge in [-0.2, -0.15) is 0 Å². The number of carbonyl (C=O) groups is 3. The van der Waals surface area contributed by atoms with Crippen molar-refractivity contribution < 1.29 is 28.6 Å². The fraction of sp³-hybridized carbons (Fsp3) is 0.838. The van der Waals surface area contributed by atoms with Crippen LogP contribution in [0.5, 0.6) is 0 Å². The first-order valence-corrected chi connectivity index (χ1v) is 32.6. The van der Waals surface area contributed by atoms with Crippen LogP contribution in [0.2, 0.25) is 0 Å². The lowest BCUT2D eigenvalue weighted by atomic mass is 10.0. The Hall–Kier alpha value is -2.63. The molecule has 0 saturated heterocycles. The molecule has 0 bridgehead atoms. The summed E-state index contributed by atoms with van der Waals surface area (Å²) in [5.74, 6) is -0.851. The molecule has 0 radical (unpaired) electrons. The van der Waals surface area contributed by atoms with Gasteiger partial charge in [0.1, 0.15) is 13.2 Å². The number of ether oxygens (including phenoxy) is 3. The molecule has 0 aromatic carbocycles. The molecule has 0 rings (SSSR count). The zero-order valence-corrected chi connectivity index (χ0v) is 49.6. The standard InChI is InChI=1S/C68H124O6/c1-4-7-10-13-16-18-20-22-24-26-28-30-31-32-33-34-35-36-37-38-40-41-43-45-47-49-52-55-58-61-67(70)73-64-65(63-72-66(69)60-57-54-51-15-12-9-6-3)74-68(71)62-59-56-53-50-48-46-44-42-39-29-27-25-23-21-19-17-14-11-8-5-2/h7,10,16,18,22,24,28,30,65H,4-6,8-9,11-15,17,19-21,23,25-27,29,31-64H2,1-3H3/b10-7-,18-16-,24-22-,30-28-. The van der Waals surface area contributed by atoms with Gasteiger partial charge in [0.05, 0.1) is 0 Å². The topological polar surface area (TPSA) is 78.9 Å². The summed E-state index contributed by atoms with van der Waals surface area (Å²) in [5, 5.41) is 0. The average Bonchev–Trinajstić information content (AvgIpc) is 3.40. The number of esters is 3. The summed E-state index contributed by atoms with van der Waals surface area (Å²) in [6.07, 6.45) is 78.7. The van der Waals surface area contributed by atoms with E-state index in [9.17, 15) is 14.4 Å². The van der Waals surface area contributed by atoms with Gasteiger partial charge in [-0.25, -0.2) is 0 Å². The number of unbranched alkanes of at least 4 members (excludes halogenated alkanes) is 41. The number of carbonyl (C=O) groups excluding carboxylic acids is 3. The summed E-state index contributed by atoms with van der Waals surface area (Å²) in [6, 6.07) is 0. The van der Waals surface area contributed by atoms with Crippen LogP contribution in [0.3, 0.4) is 0 Å². The molecule has 0 aliphatic carbocycles. The summed E-state index contributed by atoms with van der Waals surface area (Å²) in [4.78, 5) is 38.1. The highest BCUT2D eigenvalue weighted by molar-refractivity contribution is 5.71. The second kappa shape index (κ2) is 62.9. The highest BCUT2D eigenvalue weighted by Gasteiger charge is 2.19. The van der Waals surface area contributed by atoms with Crippen molar-refractivity contribution >= 4 is 17.9 Å². The SMILES string of the molecule is CC/C=C\C/C=C\C/C=C\C/C=C\CCCCCCCCCCCCCCCCCCC(=O)OCC(COC(=O)CCCCCCCCC)OC(=O)CCCCCCCCCCCCCCCCCCCCCC. The van der Waals surface area contributed by atoms with Gasteiger partial charge in [0.15, 0.2) is 6.10 Å². The minimum absolute atomic E-state index is 0.0672. The summed E-state index contributed by atoms with van der Waals surface area (Å²) in [5.41, 5.74) is 0. The molecule has 0 aliphatic heterocycles. The highest BCUT2D eigenvalue weighted by atomic mass is 16.6. The molecule has 1 atom stereocenters. The second-order valence-corrected chi connectivity index (χ2v) is 22.0. The van der Waals surface area contributed by atoms with E-state index >= 15 is 0 Å². The molecule has 1 unspecified atom stereocenters. The predicted molar refractivity (Wildman–Crippen MR) is 321 cm³/mol. The van der Waals surface area contributed by atoms with Crippen LogP contribution < -0.4 is 0 Å². The van der Waals surface area contributed by atoms with E-state index < -0.39 is 6.10 Å². The minimum atomic E-state index is -0.766. The minimum Gasteiger partial charge on any atom is -0.462 e. The van der Waals surface area contributed by atoms with Crippen LogP contribution in [0.1, 0.15) is 348 Å². The van der Waals surface area contributed by atoms with Crippen LogP contribution in [-0.2, 0) is 28.6 Å². The van der Waals surface area contributed by atoms with Crippen molar-refractivity contribution in [3.63, 3.8) is 0 Å². The molecule has 0 aromatic rings. The van der Waals surface area contributed by atoms with Crippen LogP contribution >= 0.6 is 0 Å². The van der Waals surface area contributed by atoms with Crippen LogP contribution in [-0.4, -0.2) is 37.2 Å². The van der Waals surface area contributed by atoms with E-state index in [-0.39, 0.29) is 31.1 Å². The number of hydrogen-bond acceptors (Lipinski definition) is 6. The van der Waals surface area contributed by atoms with E-state index in [1.54, 1.807) is 0 Å². The molecule has 0 aliphatic rings. The average molecular weight is 1040 g/mol. The Labute approximate surface area is 460 Å². The van der Waals surface area contributed by atoms with Crippen LogP contribution in [0.15, 0.2) is 48.6 Å². The molecular formula is C68H124O6. The van der Waals surface area contributed by atoms with Crippen molar-refractivity contribution in [2.24, 2.45) is 0 Å². The van der Waals surface area contributed by atoms with Crippen molar-refractivity contribution in [2.45, 2.75) is 354 Å². The molecule has 74 heavy (non-hydrogen) atoms. The third-order valence-corrected chi connectivity index (χ3v) is 14.6. The van der Waals surface area contributed by atoms with Gasteiger partial charge in [0.25, 0.3) is 0 Å². The first kappa shape index (κ1) is 71.4. The van der Waals surface area contributed by atoms with Gasteiger partial charge in [-0.05, 0) is 57.8 Å². The van der Waals surface area contributed by atoms with E-state index in [4.69, 9.17) is 14.2 Å². The van der Waals surface area contributed by atoms with Crippen molar-refractivity contribution in [3.05, 3.63) is 48.6 Å². The quantitative estimate of drug-likeness (QED) is 0.0261. The zero-order valence-electron chi connectivity index (χ0n) is 49.6. The maximum absolute atomic E-state index is 12.9. The number of allylic oxidation sites excluding steroid dienone is 8. The van der Waals surface area contributed by atoms with E-state index in [2.05, 4.69) is 69.4 Å². The molecular weight excluding hydrogens is 913 g/mol. The summed E-state index contributed by atoms with van der Waals surface area (Å²) in [6.45, 7) is 6.54. The van der Waals surface area contributed by atoms with Gasteiger partial charge >= 0.3 is 17.9 Å². The Kier molecular flexibility index (Phi) is 60.7. The first-order chi connectivity index (χ1) is 36.5. The third kappa shape index (κ3) is 60.2. The van der Waals surface area contributed by atoms with Crippen molar-refractivity contribution in [3.8, 4) is 0 Å². The van der Waals surface area contributed by atoms with Crippen molar-refractivity contribution in [1.29, 1.82) is 0 Å².